The van der Waals surface area contributed by atoms with Gasteiger partial charge in [0, 0.05) is 11.9 Å². The maximum Gasteiger partial charge on any atom is 0.353 e. The number of hydrogen-bond acceptors (Lipinski definition) is 3. The summed E-state index contributed by atoms with van der Waals surface area (Å²) in [6.45, 7) is 2.49. The second-order valence-corrected chi connectivity index (χ2v) is 3.44. The Morgan fingerprint density at radius 1 is 1.91 bits per heavy atom. The first-order valence-electron chi connectivity index (χ1n) is 3.08. The number of carboxylic acids is 1. The number of nitrogens with zero attached hydrogens (tertiary/aromatic N) is 1. The number of hydrogen-bond donors (Lipinski definition) is 1. The molecule has 0 radical (unpaired) electrons. The first-order chi connectivity index (χ1) is 5.16. The van der Waals surface area contributed by atoms with Crippen molar-refractivity contribution in [1.82, 2.24) is 4.57 Å². The summed E-state index contributed by atoms with van der Waals surface area (Å²) >= 11 is 6.19. The summed E-state index contributed by atoms with van der Waals surface area (Å²) in [7, 11) is 0. The van der Waals surface area contributed by atoms with Crippen LogP contribution in [0.5, 0.6) is 0 Å². The predicted octanol–water partition coefficient (Wildman–Crippen LogP) is 2.00. The number of aromatic nitrogens is 1. The minimum Gasteiger partial charge on any atom is -0.477 e. The van der Waals surface area contributed by atoms with Crippen LogP contribution in [0, 0.1) is 3.95 Å². The van der Waals surface area contributed by atoms with Crippen LogP contribution in [0.1, 0.15) is 17.4 Å². The predicted molar refractivity (Wildman–Crippen MR) is 45.8 cm³/mol. The molecule has 11 heavy (non-hydrogen) atoms. The van der Waals surface area contributed by atoms with Crippen LogP contribution in [0.3, 0.4) is 0 Å². The Kier molecular flexibility index (Phi) is 2.41. The lowest BCUT2D eigenvalue weighted by Crippen LogP contribution is -2.06. The van der Waals surface area contributed by atoms with Gasteiger partial charge in [0.05, 0.1) is 0 Å². The molecule has 1 N–H and O–H groups in total. The Hall–Kier alpha value is -0.680. The van der Waals surface area contributed by atoms with Crippen molar-refractivity contribution in [3.05, 3.63) is 15.0 Å². The van der Waals surface area contributed by atoms with Crippen molar-refractivity contribution in [2.45, 2.75) is 13.5 Å². The Morgan fingerprint density at radius 3 is 2.91 bits per heavy atom. The third kappa shape index (κ3) is 1.49. The highest BCUT2D eigenvalue weighted by Gasteiger charge is 2.08. The lowest BCUT2D eigenvalue weighted by Gasteiger charge is -1.98. The molecule has 0 aromatic carbocycles. The molecule has 0 atom stereocenters. The van der Waals surface area contributed by atoms with Crippen LogP contribution in [0.25, 0.3) is 0 Å². The van der Waals surface area contributed by atoms with Gasteiger partial charge in [0.15, 0.2) is 3.95 Å². The van der Waals surface area contributed by atoms with Gasteiger partial charge in [0.1, 0.15) is 5.69 Å². The summed E-state index contributed by atoms with van der Waals surface area (Å²) in [5.74, 6) is -0.917. The van der Waals surface area contributed by atoms with Crippen molar-refractivity contribution < 1.29 is 9.90 Å². The first-order valence-corrected chi connectivity index (χ1v) is 4.37. The van der Waals surface area contributed by atoms with Gasteiger partial charge in [-0.05, 0) is 19.1 Å². The summed E-state index contributed by atoms with van der Waals surface area (Å²) < 4.78 is 2.22. The normalized spacial score (nSPS) is 9.91. The SMILES string of the molecule is CCn1c(C(=O)O)csc1=S. The molecular weight excluding hydrogens is 182 g/mol. The van der Waals surface area contributed by atoms with E-state index < -0.39 is 5.97 Å². The Morgan fingerprint density at radius 2 is 2.55 bits per heavy atom. The number of thiazole rings is 1. The van der Waals surface area contributed by atoms with E-state index in [4.69, 9.17) is 17.3 Å². The van der Waals surface area contributed by atoms with Crippen LogP contribution < -0.4 is 0 Å². The molecule has 1 aromatic rings. The molecule has 1 heterocycles. The zero-order valence-electron chi connectivity index (χ0n) is 5.90. The van der Waals surface area contributed by atoms with Crippen LogP contribution in [-0.4, -0.2) is 15.6 Å². The molecule has 3 nitrogen and oxygen atoms in total. The summed E-state index contributed by atoms with van der Waals surface area (Å²) in [6.07, 6.45) is 0. The van der Waals surface area contributed by atoms with E-state index in [1.807, 2.05) is 6.92 Å². The lowest BCUT2D eigenvalue weighted by molar-refractivity contribution is 0.0685. The Bertz CT molecular complexity index is 326. The van der Waals surface area contributed by atoms with Crippen molar-refractivity contribution in [2.75, 3.05) is 0 Å². The van der Waals surface area contributed by atoms with Gasteiger partial charge in [-0.3, -0.25) is 0 Å². The fourth-order valence-electron chi connectivity index (χ4n) is 0.797. The molecule has 5 heteroatoms. The molecule has 0 spiro atoms. The fourth-order valence-corrected chi connectivity index (χ4v) is 1.96. The van der Waals surface area contributed by atoms with Gasteiger partial charge in [-0.1, -0.05) is 0 Å². The largest absolute Gasteiger partial charge is 0.477 e. The summed E-state index contributed by atoms with van der Waals surface area (Å²) in [4.78, 5) is 10.5. The molecule has 1 rings (SSSR count). The highest BCUT2D eigenvalue weighted by molar-refractivity contribution is 7.73. The van der Waals surface area contributed by atoms with Gasteiger partial charge in [-0.25, -0.2) is 4.79 Å². The van der Waals surface area contributed by atoms with E-state index in [0.717, 1.165) is 0 Å². The summed E-state index contributed by atoms with van der Waals surface area (Å²) in [6, 6.07) is 0. The molecule has 0 amide bonds. The van der Waals surface area contributed by atoms with Gasteiger partial charge in [0.2, 0.25) is 0 Å². The van der Waals surface area contributed by atoms with E-state index in [2.05, 4.69) is 0 Å². The minimum absolute atomic E-state index is 0.280. The Labute approximate surface area is 72.9 Å². The van der Waals surface area contributed by atoms with Gasteiger partial charge >= 0.3 is 5.97 Å². The molecule has 0 aliphatic rings. The quantitative estimate of drug-likeness (QED) is 0.723. The standard InChI is InChI=1S/C6H7NO2S2/c1-2-7-4(5(8)9)3-11-6(7)10/h3H,2H2,1H3,(H,8,9). The number of rotatable bonds is 2. The molecule has 0 aliphatic heterocycles. The van der Waals surface area contributed by atoms with Crippen LogP contribution in [0.2, 0.25) is 0 Å². The van der Waals surface area contributed by atoms with Crippen molar-refractivity contribution in [2.24, 2.45) is 0 Å². The summed E-state index contributed by atoms with van der Waals surface area (Å²) in [5, 5.41) is 10.2. The smallest absolute Gasteiger partial charge is 0.353 e. The zero-order chi connectivity index (χ0) is 8.43. The minimum atomic E-state index is -0.917. The third-order valence-corrected chi connectivity index (χ3v) is 2.59. The third-order valence-electron chi connectivity index (χ3n) is 1.32. The van der Waals surface area contributed by atoms with Crippen LogP contribution in [-0.2, 0) is 6.54 Å². The second kappa shape index (κ2) is 3.15. The number of carbonyl (C=O) groups is 1. The van der Waals surface area contributed by atoms with Gasteiger partial charge in [0.25, 0.3) is 0 Å². The fraction of sp³-hybridized carbons (Fsp3) is 0.333. The second-order valence-electron chi connectivity index (χ2n) is 1.94. The molecule has 1 aromatic heterocycles. The molecular formula is C6H7NO2S2. The Balaban J connectivity index is 3.27. The number of aromatic carboxylic acids is 1. The summed E-state index contributed by atoms with van der Waals surface area (Å²) in [5.41, 5.74) is 0.280. The van der Waals surface area contributed by atoms with E-state index in [-0.39, 0.29) is 5.69 Å². The van der Waals surface area contributed by atoms with E-state index in [9.17, 15) is 4.79 Å². The van der Waals surface area contributed by atoms with E-state index in [1.165, 1.54) is 11.3 Å². The van der Waals surface area contributed by atoms with E-state index >= 15 is 0 Å². The number of carboxylic acid groups (broad SMARTS) is 1. The highest BCUT2D eigenvalue weighted by atomic mass is 32.1. The highest BCUT2D eigenvalue weighted by Crippen LogP contribution is 2.10. The van der Waals surface area contributed by atoms with Crippen molar-refractivity contribution >= 4 is 29.5 Å². The zero-order valence-corrected chi connectivity index (χ0v) is 7.54. The van der Waals surface area contributed by atoms with Crippen LogP contribution in [0.4, 0.5) is 0 Å². The maximum atomic E-state index is 10.5. The van der Waals surface area contributed by atoms with Crippen LogP contribution in [0.15, 0.2) is 5.38 Å². The average molecular weight is 189 g/mol. The molecule has 0 unspecified atom stereocenters. The monoisotopic (exact) mass is 189 g/mol. The lowest BCUT2D eigenvalue weighted by atomic mass is 10.5. The molecule has 0 saturated heterocycles. The average Bonchev–Trinajstić information content (AvgIpc) is 2.30. The molecule has 60 valence electrons. The molecule has 0 fully saturated rings. The molecule has 0 saturated carbocycles. The van der Waals surface area contributed by atoms with Crippen molar-refractivity contribution in [1.29, 1.82) is 0 Å². The maximum absolute atomic E-state index is 10.5. The van der Waals surface area contributed by atoms with Crippen molar-refractivity contribution in [3.63, 3.8) is 0 Å². The first kappa shape index (κ1) is 8.42. The molecule has 0 bridgehead atoms. The van der Waals surface area contributed by atoms with Gasteiger partial charge in [-0.2, -0.15) is 0 Å². The topological polar surface area (TPSA) is 42.2 Å². The van der Waals surface area contributed by atoms with E-state index in [0.29, 0.717) is 10.5 Å². The van der Waals surface area contributed by atoms with E-state index in [1.54, 1.807) is 9.95 Å². The van der Waals surface area contributed by atoms with Gasteiger partial charge < -0.3 is 9.67 Å². The van der Waals surface area contributed by atoms with Crippen LogP contribution >= 0.6 is 23.6 Å². The van der Waals surface area contributed by atoms with Crippen molar-refractivity contribution in [3.8, 4) is 0 Å². The molecule has 0 aliphatic carbocycles. The van der Waals surface area contributed by atoms with Gasteiger partial charge in [-0.15, -0.1) is 11.3 Å².